The third kappa shape index (κ3) is 8.66. The van der Waals surface area contributed by atoms with Crippen molar-refractivity contribution in [2.24, 2.45) is 0 Å². The topological polar surface area (TPSA) is 161 Å². The highest BCUT2D eigenvalue weighted by atomic mass is 16.6. The van der Waals surface area contributed by atoms with Crippen molar-refractivity contribution in [2.45, 2.75) is 64.7 Å². The normalized spacial score (nSPS) is 15.7. The molecule has 0 saturated carbocycles. The minimum Gasteiger partial charge on any atom is -0.268 e. The quantitative estimate of drug-likeness (QED) is 0.0566. The number of nitrogens with zero attached hydrogens (tertiary/aromatic N) is 4. The van der Waals surface area contributed by atoms with Gasteiger partial charge in [-0.3, -0.25) is 39.4 Å². The van der Waals surface area contributed by atoms with E-state index >= 15 is 9.59 Å². The van der Waals surface area contributed by atoms with E-state index in [0.717, 1.165) is 50.1 Å². The monoisotopic (exact) mass is 1100 g/mol. The Morgan fingerprint density at radius 1 is 0.512 bits per heavy atom. The van der Waals surface area contributed by atoms with Crippen LogP contribution in [0.2, 0.25) is 0 Å². The number of nitro benzene ring substituents is 2. The maximum absolute atomic E-state index is 15.3. The molecule has 0 N–H and O–H groups in total. The van der Waals surface area contributed by atoms with Crippen molar-refractivity contribution in [3.8, 4) is 23.7 Å². The van der Waals surface area contributed by atoms with Gasteiger partial charge in [-0.1, -0.05) is 155 Å². The van der Waals surface area contributed by atoms with Gasteiger partial charge >= 0.3 is 0 Å². The molecule has 13 rings (SSSR count). The average molecular weight is 1100 g/mol. The SMILES string of the molecule is CC(C)c1cc(C2=CCC=C2)c(N2C(=O)c3cccc4c([N+](=O)[O-])c(C#Cc5cccc(C#Cc6cc7c8c(cccc8c6[N+](=O)[O-])C(=O)N(c6c(C8=CC=CC8)cc(C(C)C)cc6C6C=CC=C6)C7=O)c5)cc(c34)C2=O)c(C2=CC=CC2)c1. The number of hydrogen-bond acceptors (Lipinski definition) is 8. The molecular formula is C72H50N4O8. The van der Waals surface area contributed by atoms with Crippen LogP contribution in [0, 0.1) is 43.9 Å². The fourth-order valence-corrected chi connectivity index (χ4v) is 12.3. The van der Waals surface area contributed by atoms with E-state index in [-0.39, 0.29) is 84.1 Å². The van der Waals surface area contributed by atoms with E-state index in [1.165, 1.54) is 34.1 Å². The number of carbonyl (C=O) groups is 4. The minimum absolute atomic E-state index is 0.0563. The molecule has 7 aromatic rings. The molecule has 0 spiro atoms. The molecule has 406 valence electrons. The van der Waals surface area contributed by atoms with Crippen LogP contribution in [0.3, 0.4) is 0 Å². The van der Waals surface area contributed by atoms with E-state index in [2.05, 4.69) is 69.6 Å². The zero-order valence-electron chi connectivity index (χ0n) is 46.2. The summed E-state index contributed by atoms with van der Waals surface area (Å²) < 4.78 is 0. The van der Waals surface area contributed by atoms with Crippen LogP contribution in [0.1, 0.15) is 162 Å². The molecule has 0 aromatic heterocycles. The molecule has 12 heteroatoms. The van der Waals surface area contributed by atoms with Crippen LogP contribution in [-0.2, 0) is 0 Å². The second kappa shape index (κ2) is 20.6. The molecule has 0 radical (unpaired) electrons. The number of nitro groups is 2. The Morgan fingerprint density at radius 2 is 0.988 bits per heavy atom. The molecule has 4 amide bonds. The summed E-state index contributed by atoms with van der Waals surface area (Å²) in [6.45, 7) is 8.39. The van der Waals surface area contributed by atoms with Gasteiger partial charge in [-0.2, -0.15) is 0 Å². The molecule has 4 aliphatic carbocycles. The van der Waals surface area contributed by atoms with Crippen molar-refractivity contribution in [3.63, 3.8) is 0 Å². The molecule has 2 heterocycles. The number of imide groups is 2. The first kappa shape index (κ1) is 52.5. The predicted octanol–water partition coefficient (Wildman–Crippen LogP) is 15.7. The fourth-order valence-electron chi connectivity index (χ4n) is 12.3. The minimum atomic E-state index is -0.644. The van der Waals surface area contributed by atoms with Gasteiger partial charge in [0.15, 0.2) is 0 Å². The van der Waals surface area contributed by atoms with Gasteiger partial charge in [-0.05, 0) is 137 Å². The number of rotatable bonds is 10. The van der Waals surface area contributed by atoms with Crippen LogP contribution in [0.4, 0.5) is 22.7 Å². The average Bonchev–Trinajstić information content (AvgIpc) is 1.20. The van der Waals surface area contributed by atoms with E-state index in [0.29, 0.717) is 41.8 Å². The van der Waals surface area contributed by atoms with Gasteiger partial charge in [0.05, 0.1) is 43.1 Å². The van der Waals surface area contributed by atoms with Crippen LogP contribution >= 0.6 is 0 Å². The third-order valence-corrected chi connectivity index (χ3v) is 16.4. The highest BCUT2D eigenvalue weighted by Crippen LogP contribution is 2.49. The van der Waals surface area contributed by atoms with Gasteiger partial charge in [-0.15, -0.1) is 0 Å². The second-order valence-corrected chi connectivity index (χ2v) is 22.1. The Hall–Kier alpha value is -10.8. The molecule has 0 unspecified atom stereocenters. The molecule has 0 atom stereocenters. The molecule has 12 nitrogen and oxygen atoms in total. The van der Waals surface area contributed by atoms with E-state index in [9.17, 15) is 29.8 Å². The van der Waals surface area contributed by atoms with Crippen molar-refractivity contribution in [1.82, 2.24) is 0 Å². The van der Waals surface area contributed by atoms with Crippen LogP contribution < -0.4 is 9.80 Å². The van der Waals surface area contributed by atoms with E-state index in [1.807, 2.05) is 85.0 Å². The lowest BCUT2D eigenvalue weighted by molar-refractivity contribution is -0.383. The molecule has 7 aromatic carbocycles. The summed E-state index contributed by atoms with van der Waals surface area (Å²) in [6, 6.07) is 27.1. The highest BCUT2D eigenvalue weighted by Gasteiger charge is 2.42. The van der Waals surface area contributed by atoms with Crippen LogP contribution in [-0.4, -0.2) is 33.5 Å². The number of benzene rings is 7. The van der Waals surface area contributed by atoms with Crippen LogP contribution in [0.25, 0.3) is 38.3 Å². The van der Waals surface area contributed by atoms with Crippen LogP contribution in [0.15, 0.2) is 176 Å². The van der Waals surface area contributed by atoms with Gasteiger partial charge in [0, 0.05) is 55.6 Å². The number of anilines is 2. The molecule has 6 aliphatic rings. The molecule has 0 bridgehead atoms. The zero-order chi connectivity index (χ0) is 58.2. The van der Waals surface area contributed by atoms with Gasteiger partial charge in [0.2, 0.25) is 0 Å². The highest BCUT2D eigenvalue weighted by molar-refractivity contribution is 6.38. The summed E-state index contributed by atoms with van der Waals surface area (Å²) in [6.07, 6.45) is 27.9. The maximum atomic E-state index is 15.3. The summed E-state index contributed by atoms with van der Waals surface area (Å²) in [5.74, 6) is 9.62. The standard InChI is InChI=1S/C72H50N4O8/c1-41(2)51-37-57(45-18-5-6-19-45)67(58(38-51)46-20-7-8-21-46)73-69(77)55-28-14-26-53-63(55)61(71(73)79)35-49(65(53)75(81)82)32-30-43-16-13-17-44(34-43)31-33-50-36-62-64-54(66(50)76(83)84)27-15-29-56(64)70(78)74(72(62)80)68-59(47-22-9-10-23-47)39-52(42(3)4)40-60(68)48-24-11-12-25-48/h5-11,13-20,22,24-29,34-42,45H,12,21,23H2,1-4H3. The first-order valence-electron chi connectivity index (χ1n) is 27.9. The van der Waals surface area contributed by atoms with Gasteiger partial charge in [-0.25, -0.2) is 9.80 Å². The van der Waals surface area contributed by atoms with Gasteiger partial charge < -0.3 is 0 Å². The summed E-state index contributed by atoms with van der Waals surface area (Å²) >= 11 is 0. The summed E-state index contributed by atoms with van der Waals surface area (Å²) in [5.41, 5.74) is 9.12. The molecule has 0 saturated heterocycles. The number of hydrogen-bond donors (Lipinski definition) is 0. The fraction of sp³-hybridized carbons (Fsp3) is 0.139. The lowest BCUT2D eigenvalue weighted by Gasteiger charge is -2.32. The van der Waals surface area contributed by atoms with Crippen molar-refractivity contribution in [3.05, 3.63) is 274 Å². The predicted molar refractivity (Wildman–Crippen MR) is 329 cm³/mol. The molecule has 2 aliphatic heterocycles. The molecule has 0 fully saturated rings. The Kier molecular flexibility index (Phi) is 12.9. The van der Waals surface area contributed by atoms with E-state index in [4.69, 9.17) is 0 Å². The van der Waals surface area contributed by atoms with Gasteiger partial charge in [0.1, 0.15) is 11.1 Å². The number of allylic oxidation sites excluding steroid dienone is 16. The van der Waals surface area contributed by atoms with Crippen LogP contribution in [0.5, 0.6) is 0 Å². The smallest absolute Gasteiger partial charge is 0.268 e. The largest absolute Gasteiger partial charge is 0.292 e. The summed E-state index contributed by atoms with van der Waals surface area (Å²) in [4.78, 5) is 88.0. The number of amides is 4. The Bertz CT molecular complexity index is 4630. The van der Waals surface area contributed by atoms with E-state index in [1.54, 1.807) is 48.5 Å². The number of carbonyl (C=O) groups excluding carboxylic acids is 4. The van der Waals surface area contributed by atoms with Crippen molar-refractivity contribution >= 4 is 84.6 Å². The van der Waals surface area contributed by atoms with Crippen molar-refractivity contribution in [2.75, 3.05) is 9.80 Å². The van der Waals surface area contributed by atoms with Crippen molar-refractivity contribution < 1.29 is 29.0 Å². The first-order valence-corrected chi connectivity index (χ1v) is 27.9. The summed E-state index contributed by atoms with van der Waals surface area (Å²) in [5, 5.41) is 26.7. The summed E-state index contributed by atoms with van der Waals surface area (Å²) in [7, 11) is 0. The molecule has 84 heavy (non-hydrogen) atoms. The Morgan fingerprint density at radius 3 is 1.46 bits per heavy atom. The van der Waals surface area contributed by atoms with E-state index < -0.39 is 33.5 Å². The first-order chi connectivity index (χ1) is 40.7. The lowest BCUT2D eigenvalue weighted by Crippen LogP contribution is -2.42. The van der Waals surface area contributed by atoms with Gasteiger partial charge in [0.25, 0.3) is 35.0 Å². The zero-order valence-corrected chi connectivity index (χ0v) is 46.2. The third-order valence-electron chi connectivity index (χ3n) is 16.4. The second-order valence-electron chi connectivity index (χ2n) is 22.1. The Labute approximate surface area is 483 Å². The van der Waals surface area contributed by atoms with Crippen molar-refractivity contribution in [1.29, 1.82) is 0 Å². The Balaban J connectivity index is 0.899. The lowest BCUT2D eigenvalue weighted by atomic mass is 9.85. The maximum Gasteiger partial charge on any atom is 0.292 e. The molecular weight excluding hydrogens is 1050 g/mol.